The molecule has 0 unspecified atom stereocenters. The van der Waals surface area contributed by atoms with Gasteiger partial charge in [0.25, 0.3) is 0 Å². The predicted octanol–water partition coefficient (Wildman–Crippen LogP) is 0.351. The van der Waals surface area contributed by atoms with Crippen LogP contribution in [0.25, 0.3) is 0 Å². The Hall–Kier alpha value is -1.36. The van der Waals surface area contributed by atoms with Crippen molar-refractivity contribution in [1.29, 1.82) is 0 Å². The highest BCUT2D eigenvalue weighted by atomic mass is 16.5. The first-order chi connectivity index (χ1) is 7.24. The number of aromatic nitrogens is 1. The monoisotopic (exact) mass is 209 g/mol. The second-order valence-corrected chi connectivity index (χ2v) is 3.86. The summed E-state index contributed by atoms with van der Waals surface area (Å²) < 4.78 is 4.89. The summed E-state index contributed by atoms with van der Waals surface area (Å²) in [6, 6.07) is 2.37. The minimum atomic E-state index is 0.00236. The van der Waals surface area contributed by atoms with Gasteiger partial charge in [-0.3, -0.25) is 4.79 Å². The van der Waals surface area contributed by atoms with Crippen molar-refractivity contribution >= 4 is 5.91 Å². The molecule has 2 N–H and O–H groups in total. The first-order valence-electron chi connectivity index (χ1n) is 5.16. The zero-order valence-corrected chi connectivity index (χ0v) is 8.75. The zero-order chi connectivity index (χ0) is 10.7. The molecule has 1 aromatic rings. The summed E-state index contributed by atoms with van der Waals surface area (Å²) in [5.74, 6) is 0.762. The van der Waals surface area contributed by atoms with Gasteiger partial charge in [0, 0.05) is 12.1 Å². The molecule has 1 aliphatic carbocycles. The third-order valence-corrected chi connectivity index (χ3v) is 2.27. The Balaban J connectivity index is 1.65. The zero-order valence-electron chi connectivity index (χ0n) is 8.75. The fraction of sp³-hybridized carbons (Fsp3) is 0.600. The molecule has 5 heteroatoms. The van der Waals surface area contributed by atoms with Gasteiger partial charge in [-0.2, -0.15) is 0 Å². The highest BCUT2D eigenvalue weighted by molar-refractivity contribution is 5.77. The van der Waals surface area contributed by atoms with Crippen LogP contribution in [0.3, 0.4) is 0 Å². The number of aryl methyl sites for hydroxylation is 1. The van der Waals surface area contributed by atoms with Crippen molar-refractivity contribution in [1.82, 2.24) is 15.8 Å². The van der Waals surface area contributed by atoms with E-state index in [1.807, 2.05) is 13.0 Å². The largest absolute Gasteiger partial charge is 0.361 e. The van der Waals surface area contributed by atoms with Gasteiger partial charge < -0.3 is 15.2 Å². The minimum Gasteiger partial charge on any atom is -0.361 e. The predicted molar refractivity (Wildman–Crippen MR) is 54.1 cm³/mol. The molecule has 1 heterocycles. The SMILES string of the molecule is Cc1cc(CNC(=O)CNC2CC2)no1. The number of hydrogen-bond donors (Lipinski definition) is 2. The Morgan fingerprint density at radius 3 is 3.07 bits per heavy atom. The van der Waals surface area contributed by atoms with Crippen LogP contribution in [0.5, 0.6) is 0 Å². The number of amides is 1. The van der Waals surface area contributed by atoms with E-state index in [0.29, 0.717) is 19.1 Å². The Bertz CT molecular complexity index is 344. The number of carbonyl (C=O) groups is 1. The molecule has 0 radical (unpaired) electrons. The summed E-state index contributed by atoms with van der Waals surface area (Å²) in [4.78, 5) is 11.3. The lowest BCUT2D eigenvalue weighted by atomic mass is 10.4. The molecule has 0 bridgehead atoms. The third-order valence-electron chi connectivity index (χ3n) is 2.27. The summed E-state index contributed by atoms with van der Waals surface area (Å²) in [5, 5.41) is 9.70. The molecule has 82 valence electrons. The Labute approximate surface area is 88.2 Å². The van der Waals surface area contributed by atoms with Crippen molar-refractivity contribution in [2.24, 2.45) is 0 Å². The summed E-state index contributed by atoms with van der Waals surface area (Å²) >= 11 is 0. The topological polar surface area (TPSA) is 67.2 Å². The van der Waals surface area contributed by atoms with E-state index in [2.05, 4.69) is 15.8 Å². The van der Waals surface area contributed by atoms with Crippen molar-refractivity contribution in [3.63, 3.8) is 0 Å². The number of nitrogens with one attached hydrogen (secondary N) is 2. The average molecular weight is 209 g/mol. The molecule has 0 spiro atoms. The van der Waals surface area contributed by atoms with E-state index in [0.717, 1.165) is 11.5 Å². The molecule has 1 saturated carbocycles. The molecule has 0 atom stereocenters. The van der Waals surface area contributed by atoms with Gasteiger partial charge in [0.15, 0.2) is 0 Å². The minimum absolute atomic E-state index is 0.00236. The first kappa shape index (κ1) is 10.2. The number of nitrogens with zero attached hydrogens (tertiary/aromatic N) is 1. The van der Waals surface area contributed by atoms with E-state index in [4.69, 9.17) is 4.52 Å². The molecule has 2 rings (SSSR count). The molecule has 1 aromatic heterocycles. The molecule has 1 amide bonds. The maximum Gasteiger partial charge on any atom is 0.234 e. The van der Waals surface area contributed by atoms with Crippen LogP contribution in [0.4, 0.5) is 0 Å². The Morgan fingerprint density at radius 2 is 2.47 bits per heavy atom. The fourth-order valence-electron chi connectivity index (χ4n) is 1.28. The summed E-state index contributed by atoms with van der Waals surface area (Å²) in [5.41, 5.74) is 0.757. The van der Waals surface area contributed by atoms with E-state index in [9.17, 15) is 4.79 Å². The fourth-order valence-corrected chi connectivity index (χ4v) is 1.28. The lowest BCUT2D eigenvalue weighted by Crippen LogP contribution is -2.34. The maximum atomic E-state index is 11.3. The average Bonchev–Trinajstić information content (AvgIpc) is 2.95. The van der Waals surface area contributed by atoms with Crippen LogP contribution in [0.1, 0.15) is 24.3 Å². The van der Waals surface area contributed by atoms with E-state index >= 15 is 0 Å². The molecule has 0 saturated heterocycles. The summed E-state index contributed by atoms with van der Waals surface area (Å²) in [6.07, 6.45) is 2.38. The van der Waals surface area contributed by atoms with Gasteiger partial charge in [0.2, 0.25) is 5.91 Å². The molecule has 0 aromatic carbocycles. The van der Waals surface area contributed by atoms with Gasteiger partial charge in [-0.1, -0.05) is 5.16 Å². The van der Waals surface area contributed by atoms with Crippen LogP contribution in [0.2, 0.25) is 0 Å². The normalized spacial score (nSPS) is 15.3. The summed E-state index contributed by atoms with van der Waals surface area (Å²) in [6.45, 7) is 2.65. The lowest BCUT2D eigenvalue weighted by Gasteiger charge is -2.03. The van der Waals surface area contributed by atoms with E-state index in [-0.39, 0.29) is 5.91 Å². The van der Waals surface area contributed by atoms with Gasteiger partial charge in [-0.25, -0.2) is 0 Å². The van der Waals surface area contributed by atoms with Crippen LogP contribution in [-0.4, -0.2) is 23.7 Å². The van der Waals surface area contributed by atoms with Crippen molar-refractivity contribution < 1.29 is 9.32 Å². The standard InChI is InChI=1S/C10H15N3O2/c1-7-4-9(13-15-7)5-12-10(14)6-11-8-2-3-8/h4,8,11H,2-3,5-6H2,1H3,(H,12,14). The molecule has 0 aliphatic heterocycles. The third kappa shape index (κ3) is 3.36. The maximum absolute atomic E-state index is 11.3. The van der Waals surface area contributed by atoms with Gasteiger partial charge in [0.05, 0.1) is 13.1 Å². The Kier molecular flexibility index (Phi) is 3.01. The van der Waals surface area contributed by atoms with Crippen LogP contribution >= 0.6 is 0 Å². The van der Waals surface area contributed by atoms with Crippen molar-refractivity contribution in [2.45, 2.75) is 32.4 Å². The number of carbonyl (C=O) groups excluding carboxylic acids is 1. The summed E-state index contributed by atoms with van der Waals surface area (Å²) in [7, 11) is 0. The van der Waals surface area contributed by atoms with Gasteiger partial charge in [-0.15, -0.1) is 0 Å². The van der Waals surface area contributed by atoms with Gasteiger partial charge >= 0.3 is 0 Å². The van der Waals surface area contributed by atoms with E-state index in [1.54, 1.807) is 0 Å². The number of rotatable bonds is 5. The Morgan fingerprint density at radius 1 is 1.67 bits per heavy atom. The van der Waals surface area contributed by atoms with Crippen molar-refractivity contribution in [3.8, 4) is 0 Å². The van der Waals surface area contributed by atoms with Crippen LogP contribution < -0.4 is 10.6 Å². The van der Waals surface area contributed by atoms with Crippen molar-refractivity contribution in [3.05, 3.63) is 17.5 Å². The molecule has 5 nitrogen and oxygen atoms in total. The highest BCUT2D eigenvalue weighted by Gasteiger charge is 2.20. The van der Waals surface area contributed by atoms with Crippen LogP contribution in [0.15, 0.2) is 10.6 Å². The second-order valence-electron chi connectivity index (χ2n) is 3.86. The van der Waals surface area contributed by atoms with Crippen LogP contribution in [0, 0.1) is 6.92 Å². The van der Waals surface area contributed by atoms with Gasteiger partial charge in [-0.05, 0) is 19.8 Å². The van der Waals surface area contributed by atoms with E-state index < -0.39 is 0 Å². The highest BCUT2D eigenvalue weighted by Crippen LogP contribution is 2.17. The lowest BCUT2D eigenvalue weighted by molar-refractivity contribution is -0.120. The molecular formula is C10H15N3O2. The quantitative estimate of drug-likeness (QED) is 0.734. The van der Waals surface area contributed by atoms with E-state index in [1.165, 1.54) is 12.8 Å². The number of hydrogen-bond acceptors (Lipinski definition) is 4. The molecular weight excluding hydrogens is 194 g/mol. The molecule has 15 heavy (non-hydrogen) atoms. The second kappa shape index (κ2) is 4.44. The smallest absolute Gasteiger partial charge is 0.234 e. The molecule has 1 aliphatic rings. The van der Waals surface area contributed by atoms with Gasteiger partial charge in [0.1, 0.15) is 11.5 Å². The molecule has 1 fully saturated rings. The van der Waals surface area contributed by atoms with Crippen molar-refractivity contribution in [2.75, 3.05) is 6.54 Å². The van der Waals surface area contributed by atoms with Crippen LogP contribution in [-0.2, 0) is 11.3 Å². The first-order valence-corrected chi connectivity index (χ1v) is 5.16.